The highest BCUT2D eigenvalue weighted by Gasteiger charge is 2.34. The molecule has 4 aromatic rings. The molecule has 5 rings (SSSR count). The van der Waals surface area contributed by atoms with Crippen molar-refractivity contribution in [2.45, 2.75) is 44.4 Å². The van der Waals surface area contributed by atoms with E-state index in [1.807, 2.05) is 13.5 Å². The lowest BCUT2D eigenvalue weighted by Crippen LogP contribution is -2.37. The van der Waals surface area contributed by atoms with Crippen LogP contribution in [-0.2, 0) is 14.1 Å². The predicted molar refractivity (Wildman–Crippen MR) is 124 cm³/mol. The maximum atomic E-state index is 13.0. The summed E-state index contributed by atoms with van der Waals surface area (Å²) in [6.07, 6.45) is 3.18. The van der Waals surface area contributed by atoms with Crippen molar-refractivity contribution in [3.63, 3.8) is 0 Å². The Kier molecular flexibility index (Phi) is 4.64. The summed E-state index contributed by atoms with van der Waals surface area (Å²) in [7, 11) is 1.15. The van der Waals surface area contributed by atoms with Gasteiger partial charge < -0.3 is 14.6 Å². The number of aryl methyl sites for hydroxylation is 3. The van der Waals surface area contributed by atoms with Gasteiger partial charge in [-0.05, 0) is 56.1 Å². The molecule has 1 aromatic carbocycles. The van der Waals surface area contributed by atoms with Gasteiger partial charge in [0.25, 0.3) is 5.56 Å². The summed E-state index contributed by atoms with van der Waals surface area (Å²) in [5.74, 6) is 0.344. The van der Waals surface area contributed by atoms with Crippen LogP contribution in [0, 0.1) is 6.92 Å². The molecule has 1 fully saturated rings. The zero-order chi connectivity index (χ0) is 22.8. The Balaban J connectivity index is 1.56. The fraction of sp³-hybridized carbons (Fsp3) is 0.429. The van der Waals surface area contributed by atoms with Crippen LogP contribution in [0.2, 0.25) is 18.6 Å². The van der Waals surface area contributed by atoms with E-state index in [9.17, 15) is 14.4 Å². The van der Waals surface area contributed by atoms with Crippen LogP contribution in [0.4, 0.5) is 11.6 Å². The maximum absolute atomic E-state index is 13.0. The van der Waals surface area contributed by atoms with Gasteiger partial charge in [0.05, 0.1) is 11.6 Å². The zero-order valence-electron chi connectivity index (χ0n) is 18.5. The number of aromatic nitrogens is 5. The topological polar surface area (TPSA) is 120 Å². The van der Waals surface area contributed by atoms with E-state index in [0.29, 0.717) is 33.8 Å². The Morgan fingerprint density at radius 1 is 1.22 bits per heavy atom. The average Bonchev–Trinajstić information content (AvgIpc) is 3.15. The molecule has 0 unspecified atom stereocenters. The highest BCUT2D eigenvalue weighted by Crippen LogP contribution is 2.34. The first-order valence-electron chi connectivity index (χ1n) is 10.7. The fourth-order valence-electron chi connectivity index (χ4n) is 4.55. The third kappa shape index (κ3) is 3.28. The normalized spacial score (nSPS) is 21.5. The lowest BCUT2D eigenvalue weighted by molar-refractivity contribution is 0.324. The Morgan fingerprint density at radius 3 is 2.66 bits per heavy atom. The third-order valence-corrected chi connectivity index (χ3v) is 9.29. The molecule has 4 heterocycles. The zero-order valence-corrected chi connectivity index (χ0v) is 19.5. The summed E-state index contributed by atoms with van der Waals surface area (Å²) in [6, 6.07) is 5.09. The average molecular weight is 455 g/mol. The van der Waals surface area contributed by atoms with Crippen molar-refractivity contribution >= 4 is 42.1 Å². The lowest BCUT2D eigenvalue weighted by Gasteiger charge is -2.31. The van der Waals surface area contributed by atoms with E-state index in [1.165, 1.54) is 4.74 Å². The lowest BCUT2D eigenvalue weighted by atomic mass is 10.1. The number of nitrogens with zero attached hydrogens (tertiary/aromatic N) is 5. The SMILES string of the molecule is Cc1cc2on(C)c(=O)c2cc1Nc1ncc2c(n1)n(C1CC[Si](C)(O)CC1)c(=O)n2C. The van der Waals surface area contributed by atoms with Crippen LogP contribution < -0.4 is 16.6 Å². The predicted octanol–water partition coefficient (Wildman–Crippen LogP) is 2.53. The van der Waals surface area contributed by atoms with Crippen molar-refractivity contribution < 1.29 is 9.32 Å². The number of benzene rings is 1. The number of anilines is 2. The Bertz CT molecular complexity index is 1470. The second kappa shape index (κ2) is 7.17. The van der Waals surface area contributed by atoms with Crippen LogP contribution in [0.15, 0.2) is 32.4 Å². The molecule has 0 radical (unpaired) electrons. The van der Waals surface area contributed by atoms with Crippen molar-refractivity contribution in [2.75, 3.05) is 5.32 Å². The standard InChI is InChI=1S/C21H26N6O4Si/c1-12-9-17-14(19(28)26(3)31-17)10-15(12)23-20-22-11-16-18(24-20)27(21(29)25(16)2)13-5-7-32(4,30)8-6-13/h9-11,13,30H,5-8H2,1-4H3,(H,22,23,24). The van der Waals surface area contributed by atoms with Crippen LogP contribution in [0.25, 0.3) is 22.1 Å². The Hall–Kier alpha value is -3.18. The van der Waals surface area contributed by atoms with E-state index < -0.39 is 8.32 Å². The van der Waals surface area contributed by atoms with E-state index in [2.05, 4.69) is 15.3 Å². The van der Waals surface area contributed by atoms with Gasteiger partial charge in [0.15, 0.2) is 19.5 Å². The first-order valence-corrected chi connectivity index (χ1v) is 13.5. The van der Waals surface area contributed by atoms with Gasteiger partial charge in [0, 0.05) is 25.8 Å². The molecule has 168 valence electrons. The smallest absolute Gasteiger partial charge is 0.330 e. The Morgan fingerprint density at radius 2 is 1.94 bits per heavy atom. The molecular weight excluding hydrogens is 428 g/mol. The molecule has 0 saturated carbocycles. The second-order valence-electron chi connectivity index (χ2n) is 9.02. The van der Waals surface area contributed by atoms with E-state index in [4.69, 9.17) is 4.52 Å². The summed E-state index contributed by atoms with van der Waals surface area (Å²) in [6.45, 7) is 3.88. The molecule has 0 bridgehead atoms. The minimum Gasteiger partial charge on any atom is -0.432 e. The summed E-state index contributed by atoms with van der Waals surface area (Å²) < 4.78 is 9.95. The minimum absolute atomic E-state index is 0.00807. The van der Waals surface area contributed by atoms with Crippen LogP contribution in [-0.4, -0.2) is 37.0 Å². The van der Waals surface area contributed by atoms with Gasteiger partial charge in [0.1, 0.15) is 5.52 Å². The molecule has 10 nitrogen and oxygen atoms in total. The van der Waals surface area contributed by atoms with Crippen molar-refractivity contribution in [3.05, 3.63) is 44.7 Å². The highest BCUT2D eigenvalue weighted by atomic mass is 28.4. The van der Waals surface area contributed by atoms with Crippen LogP contribution in [0.1, 0.15) is 24.4 Å². The van der Waals surface area contributed by atoms with E-state index >= 15 is 0 Å². The van der Waals surface area contributed by atoms with Crippen molar-refractivity contribution in [1.82, 2.24) is 23.8 Å². The van der Waals surface area contributed by atoms with Crippen LogP contribution in [0.5, 0.6) is 0 Å². The summed E-state index contributed by atoms with van der Waals surface area (Å²) in [5, 5.41) is 3.66. The molecule has 2 N–H and O–H groups in total. The molecule has 1 aliphatic rings. The molecule has 1 aliphatic heterocycles. The van der Waals surface area contributed by atoms with Gasteiger partial charge >= 0.3 is 5.69 Å². The van der Waals surface area contributed by atoms with Gasteiger partial charge in [-0.3, -0.25) is 13.9 Å². The number of nitrogens with one attached hydrogen (secondary N) is 1. The molecule has 0 aliphatic carbocycles. The maximum Gasteiger partial charge on any atom is 0.330 e. The van der Waals surface area contributed by atoms with Gasteiger partial charge in [-0.25, -0.2) is 9.78 Å². The second-order valence-corrected chi connectivity index (χ2v) is 13.0. The van der Waals surface area contributed by atoms with Crippen LogP contribution in [0.3, 0.4) is 0 Å². The molecule has 32 heavy (non-hydrogen) atoms. The number of rotatable bonds is 3. The van der Waals surface area contributed by atoms with Gasteiger partial charge in [-0.1, -0.05) is 0 Å². The van der Waals surface area contributed by atoms with Crippen molar-refractivity contribution in [1.29, 1.82) is 0 Å². The summed E-state index contributed by atoms with van der Waals surface area (Å²) in [5.41, 5.74) is 2.98. The van der Waals surface area contributed by atoms with Crippen LogP contribution >= 0.6 is 0 Å². The molecular formula is C21H26N6O4Si. The molecule has 11 heteroatoms. The number of imidazole rings is 1. The van der Waals surface area contributed by atoms with E-state index in [1.54, 1.807) is 41.6 Å². The number of hydrogen-bond acceptors (Lipinski definition) is 7. The number of hydrogen-bond donors (Lipinski definition) is 2. The fourth-order valence-corrected chi connectivity index (χ4v) is 6.71. The molecule has 3 aromatic heterocycles. The van der Waals surface area contributed by atoms with E-state index in [-0.39, 0.29) is 17.3 Å². The van der Waals surface area contributed by atoms with Gasteiger partial charge in [-0.2, -0.15) is 9.72 Å². The first kappa shape index (κ1) is 20.7. The monoisotopic (exact) mass is 454 g/mol. The quantitative estimate of drug-likeness (QED) is 0.456. The minimum atomic E-state index is -2.14. The highest BCUT2D eigenvalue weighted by molar-refractivity contribution is 6.71. The van der Waals surface area contributed by atoms with Crippen molar-refractivity contribution in [2.24, 2.45) is 14.1 Å². The van der Waals surface area contributed by atoms with E-state index in [0.717, 1.165) is 30.5 Å². The summed E-state index contributed by atoms with van der Waals surface area (Å²) >= 11 is 0. The number of fused-ring (bicyclic) bond motifs is 2. The molecule has 0 amide bonds. The molecule has 1 saturated heterocycles. The Labute approximate surface area is 184 Å². The van der Waals surface area contributed by atoms with Gasteiger partial charge in [-0.15, -0.1) is 0 Å². The third-order valence-electron chi connectivity index (χ3n) is 6.55. The first-order chi connectivity index (χ1) is 15.1. The molecule has 0 spiro atoms. The largest absolute Gasteiger partial charge is 0.432 e. The molecule has 0 atom stereocenters. The van der Waals surface area contributed by atoms with Crippen molar-refractivity contribution in [3.8, 4) is 0 Å². The summed E-state index contributed by atoms with van der Waals surface area (Å²) in [4.78, 5) is 44.8. The van der Waals surface area contributed by atoms with Gasteiger partial charge in [0.2, 0.25) is 5.95 Å².